The summed E-state index contributed by atoms with van der Waals surface area (Å²) >= 11 is 7.09. The fourth-order valence-corrected chi connectivity index (χ4v) is 9.06. The minimum Gasteiger partial charge on any atom is -0.143 e. The van der Waals surface area contributed by atoms with Gasteiger partial charge < -0.3 is 0 Å². The van der Waals surface area contributed by atoms with Crippen LogP contribution >= 0.6 is 45.3 Å². The van der Waals surface area contributed by atoms with Crippen LogP contribution in [-0.2, 0) is 12.8 Å². The number of hydrogen-bond acceptors (Lipinski definition) is 8. The van der Waals surface area contributed by atoms with Crippen LogP contribution in [-0.4, -0.2) is 20.4 Å². The molecule has 0 bridgehead atoms. The van der Waals surface area contributed by atoms with Crippen molar-refractivity contribution in [1.29, 1.82) is 0 Å². The van der Waals surface area contributed by atoms with Crippen molar-refractivity contribution in [3.05, 3.63) is 58.3 Å². The van der Waals surface area contributed by atoms with E-state index >= 15 is 0 Å². The molecule has 8 heteroatoms. The molecule has 5 aromatic rings. The number of aromatic nitrogens is 4. The summed E-state index contributed by atoms with van der Waals surface area (Å²) in [6.07, 6.45) is 18.4. The largest absolute Gasteiger partial charge is 0.213 e. The maximum Gasteiger partial charge on any atom is 0.213 e. The Morgan fingerprint density at radius 1 is 0.452 bits per heavy atom. The van der Waals surface area contributed by atoms with Gasteiger partial charge in [-0.3, -0.25) is 0 Å². The van der Waals surface area contributed by atoms with Crippen molar-refractivity contribution in [1.82, 2.24) is 20.4 Å². The van der Waals surface area contributed by atoms with Crippen LogP contribution < -0.4 is 0 Å². The van der Waals surface area contributed by atoms with Crippen LogP contribution in [0, 0.1) is 0 Å². The second-order valence-corrected chi connectivity index (χ2v) is 15.0. The van der Waals surface area contributed by atoms with E-state index in [1.807, 2.05) is 22.7 Å². The molecule has 0 radical (unpaired) electrons. The Morgan fingerprint density at radius 2 is 0.833 bits per heavy atom. The summed E-state index contributed by atoms with van der Waals surface area (Å²) in [5.41, 5.74) is 2.91. The average Bonchev–Trinajstić information content (AvgIpc) is 3.84. The van der Waals surface area contributed by atoms with Gasteiger partial charge in [-0.2, -0.15) is 0 Å². The third-order valence-corrected chi connectivity index (χ3v) is 12.1. The molecule has 0 atom stereocenters. The fraction of sp³-hybridized carbons (Fsp3) is 0.471. The zero-order chi connectivity index (χ0) is 29.0. The minimum absolute atomic E-state index is 0.591. The molecule has 5 heterocycles. The zero-order valence-corrected chi connectivity index (χ0v) is 28.2. The van der Waals surface area contributed by atoms with E-state index in [-0.39, 0.29) is 0 Å². The first-order valence-electron chi connectivity index (χ1n) is 15.7. The van der Waals surface area contributed by atoms with E-state index in [9.17, 15) is 0 Å². The van der Waals surface area contributed by atoms with Gasteiger partial charge >= 0.3 is 0 Å². The van der Waals surface area contributed by atoms with Gasteiger partial charge in [0.05, 0.1) is 9.75 Å². The van der Waals surface area contributed by atoms with Crippen molar-refractivity contribution >= 4 is 45.3 Å². The van der Waals surface area contributed by atoms with Crippen molar-refractivity contribution < 1.29 is 0 Å². The summed E-state index contributed by atoms with van der Waals surface area (Å²) < 4.78 is 0. The van der Waals surface area contributed by atoms with Crippen LogP contribution in [0.25, 0.3) is 40.9 Å². The maximum atomic E-state index is 4.45. The number of rotatable bonds is 18. The van der Waals surface area contributed by atoms with Gasteiger partial charge in [0.25, 0.3) is 0 Å². The highest BCUT2D eigenvalue weighted by Crippen LogP contribution is 2.38. The number of nitrogens with zero attached hydrogens (tertiary/aromatic N) is 4. The molecule has 0 fully saturated rings. The van der Waals surface area contributed by atoms with Gasteiger partial charge in [0, 0.05) is 19.5 Å². The Labute approximate surface area is 267 Å². The van der Waals surface area contributed by atoms with Gasteiger partial charge in [-0.25, -0.2) is 0 Å². The van der Waals surface area contributed by atoms with Crippen molar-refractivity contribution in [2.45, 2.75) is 104 Å². The van der Waals surface area contributed by atoms with Gasteiger partial charge in [-0.05, 0) is 84.0 Å². The third-order valence-electron chi connectivity index (χ3n) is 7.56. The molecule has 0 saturated carbocycles. The number of unbranched alkanes of at least 4 members (excludes halogenated alkanes) is 10. The SMILES string of the molecule is CCCCCCCCc1csc(-c2ccc(-c3nnc(-c4ccc(-c5cc(CCCCCCCC)cs5)s4)nn3)s2)c1. The molecular formula is C34H42N4S4. The summed E-state index contributed by atoms with van der Waals surface area (Å²) in [5.74, 6) is 1.18. The van der Waals surface area contributed by atoms with E-state index in [4.69, 9.17) is 0 Å². The monoisotopic (exact) mass is 634 g/mol. The van der Waals surface area contributed by atoms with E-state index in [1.165, 1.54) is 121 Å². The lowest BCUT2D eigenvalue weighted by Gasteiger charge is -1.99. The molecule has 4 nitrogen and oxygen atoms in total. The lowest BCUT2D eigenvalue weighted by atomic mass is 10.1. The highest BCUT2D eigenvalue weighted by molar-refractivity contribution is 7.23. The summed E-state index contributed by atoms with van der Waals surface area (Å²) in [6.45, 7) is 4.55. The van der Waals surface area contributed by atoms with Crippen LogP contribution in [0.2, 0.25) is 0 Å². The lowest BCUT2D eigenvalue weighted by Crippen LogP contribution is -1.97. The van der Waals surface area contributed by atoms with Crippen LogP contribution in [0.1, 0.15) is 102 Å². The molecule has 5 rings (SSSR count). The summed E-state index contributed by atoms with van der Waals surface area (Å²) in [7, 11) is 0. The van der Waals surface area contributed by atoms with Gasteiger partial charge in [-0.15, -0.1) is 65.7 Å². The van der Waals surface area contributed by atoms with Crippen LogP contribution in [0.5, 0.6) is 0 Å². The molecule has 0 amide bonds. The molecule has 0 aliphatic carbocycles. The standard InChI is InChI=1S/C34H42N4S4/c1-3-5-7-9-11-13-15-25-21-31(39-23-25)27-17-19-29(41-27)33-35-37-34(38-36-33)30-20-18-28(42-30)32-22-26(24-40-32)16-14-12-10-8-6-4-2/h17-24H,3-16H2,1-2H3. The van der Waals surface area contributed by atoms with Crippen molar-refractivity contribution in [2.75, 3.05) is 0 Å². The van der Waals surface area contributed by atoms with E-state index < -0.39 is 0 Å². The Balaban J connectivity index is 1.13. The first-order valence-corrected chi connectivity index (χ1v) is 19.1. The maximum absolute atomic E-state index is 4.45. The highest BCUT2D eigenvalue weighted by atomic mass is 32.1. The Morgan fingerprint density at radius 3 is 1.26 bits per heavy atom. The third kappa shape index (κ3) is 8.88. The fourth-order valence-electron chi connectivity index (χ4n) is 5.10. The Hall–Kier alpha value is -2.26. The second kappa shape index (κ2) is 16.6. The Kier molecular flexibility index (Phi) is 12.3. The molecule has 5 aromatic heterocycles. The first kappa shape index (κ1) is 31.2. The Bertz CT molecular complexity index is 1370. The van der Waals surface area contributed by atoms with Crippen LogP contribution in [0.3, 0.4) is 0 Å². The van der Waals surface area contributed by atoms with E-state index in [0.717, 1.165) is 9.75 Å². The molecule has 0 unspecified atom stereocenters. The van der Waals surface area contributed by atoms with E-state index in [2.05, 4.69) is 81.4 Å². The highest BCUT2D eigenvalue weighted by Gasteiger charge is 2.14. The molecule has 222 valence electrons. The average molecular weight is 635 g/mol. The van der Waals surface area contributed by atoms with Gasteiger partial charge in [0.15, 0.2) is 0 Å². The number of hydrogen-bond donors (Lipinski definition) is 0. The van der Waals surface area contributed by atoms with Crippen molar-refractivity contribution in [3.63, 3.8) is 0 Å². The van der Waals surface area contributed by atoms with Gasteiger partial charge in [-0.1, -0.05) is 78.1 Å². The van der Waals surface area contributed by atoms with Crippen LogP contribution in [0.15, 0.2) is 47.2 Å². The predicted molar refractivity (Wildman–Crippen MR) is 185 cm³/mol. The molecule has 0 N–H and O–H groups in total. The van der Waals surface area contributed by atoms with Gasteiger partial charge in [0.2, 0.25) is 11.6 Å². The smallest absolute Gasteiger partial charge is 0.143 e. The molecule has 0 aromatic carbocycles. The van der Waals surface area contributed by atoms with Crippen molar-refractivity contribution in [3.8, 4) is 40.9 Å². The molecule has 0 aliphatic heterocycles. The molecule has 42 heavy (non-hydrogen) atoms. The summed E-state index contributed by atoms with van der Waals surface area (Å²) in [5, 5.41) is 22.5. The van der Waals surface area contributed by atoms with Gasteiger partial charge in [0.1, 0.15) is 0 Å². The normalized spacial score (nSPS) is 11.5. The number of thiophene rings is 4. The first-order chi connectivity index (χ1) is 20.7. The quantitative estimate of drug-likeness (QED) is 0.0900. The van der Waals surface area contributed by atoms with E-state index in [1.54, 1.807) is 22.7 Å². The predicted octanol–water partition coefficient (Wildman–Crippen LogP) is 12.0. The molecule has 0 spiro atoms. The number of aryl methyl sites for hydroxylation is 2. The molecule has 0 saturated heterocycles. The lowest BCUT2D eigenvalue weighted by molar-refractivity contribution is 0.608. The molecular weight excluding hydrogens is 593 g/mol. The topological polar surface area (TPSA) is 51.6 Å². The molecule has 0 aliphatic rings. The minimum atomic E-state index is 0.591. The summed E-state index contributed by atoms with van der Waals surface area (Å²) in [4.78, 5) is 7.16. The second-order valence-electron chi connectivity index (χ2n) is 11.0. The van der Waals surface area contributed by atoms with Crippen LogP contribution in [0.4, 0.5) is 0 Å². The van der Waals surface area contributed by atoms with E-state index in [0.29, 0.717) is 11.6 Å². The van der Waals surface area contributed by atoms with Crippen molar-refractivity contribution in [2.24, 2.45) is 0 Å². The zero-order valence-electron chi connectivity index (χ0n) is 24.9. The summed E-state index contributed by atoms with van der Waals surface area (Å²) in [6, 6.07) is 13.2.